The van der Waals surface area contributed by atoms with Crippen LogP contribution in [0.4, 0.5) is 4.39 Å². The number of hydrogen-bond acceptors (Lipinski definition) is 1. The second-order valence-electron chi connectivity index (χ2n) is 4.11. The highest BCUT2D eigenvalue weighted by Crippen LogP contribution is 2.24. The molecular formula is C14H14FN. The SMILES string of the molecule is CC1(F)C=CC(N=Cc2ccccc2)=CC1. The number of aliphatic imine (C=N–C) groups is 1. The van der Waals surface area contributed by atoms with E-state index in [0.29, 0.717) is 6.42 Å². The van der Waals surface area contributed by atoms with E-state index in [1.807, 2.05) is 36.4 Å². The normalized spacial score (nSPS) is 24.8. The topological polar surface area (TPSA) is 12.4 Å². The van der Waals surface area contributed by atoms with E-state index in [9.17, 15) is 4.39 Å². The zero-order valence-corrected chi connectivity index (χ0v) is 9.23. The van der Waals surface area contributed by atoms with Crippen molar-refractivity contribution in [2.75, 3.05) is 0 Å². The lowest BCUT2D eigenvalue weighted by Crippen LogP contribution is -2.14. The Labute approximate surface area is 95.0 Å². The van der Waals surface area contributed by atoms with E-state index in [1.54, 1.807) is 25.3 Å². The van der Waals surface area contributed by atoms with Crippen molar-refractivity contribution in [3.63, 3.8) is 0 Å². The van der Waals surface area contributed by atoms with Crippen LogP contribution < -0.4 is 0 Å². The Morgan fingerprint density at radius 2 is 2.06 bits per heavy atom. The number of hydrogen-bond donors (Lipinski definition) is 0. The summed E-state index contributed by atoms with van der Waals surface area (Å²) in [6, 6.07) is 9.85. The summed E-state index contributed by atoms with van der Waals surface area (Å²) in [4.78, 5) is 4.30. The van der Waals surface area contributed by atoms with Crippen molar-refractivity contribution in [3.05, 3.63) is 59.8 Å². The number of halogens is 1. The molecular weight excluding hydrogens is 201 g/mol. The van der Waals surface area contributed by atoms with Crippen LogP contribution in [-0.4, -0.2) is 11.9 Å². The van der Waals surface area contributed by atoms with Gasteiger partial charge in [-0.3, -0.25) is 4.99 Å². The van der Waals surface area contributed by atoms with E-state index in [4.69, 9.17) is 0 Å². The third kappa shape index (κ3) is 2.89. The van der Waals surface area contributed by atoms with E-state index >= 15 is 0 Å². The summed E-state index contributed by atoms with van der Waals surface area (Å²) in [6.45, 7) is 1.57. The molecule has 1 aliphatic carbocycles. The Kier molecular flexibility index (Phi) is 3.00. The van der Waals surface area contributed by atoms with Gasteiger partial charge in [0.15, 0.2) is 0 Å². The summed E-state index contributed by atoms with van der Waals surface area (Å²) < 4.78 is 13.4. The molecule has 1 aromatic rings. The lowest BCUT2D eigenvalue weighted by Gasteiger charge is -2.16. The lowest BCUT2D eigenvalue weighted by atomic mass is 9.99. The number of rotatable bonds is 2. The average molecular weight is 215 g/mol. The fourth-order valence-electron chi connectivity index (χ4n) is 1.48. The van der Waals surface area contributed by atoms with Crippen LogP contribution >= 0.6 is 0 Å². The van der Waals surface area contributed by atoms with Crippen LogP contribution in [0.3, 0.4) is 0 Å². The summed E-state index contributed by atoms with van der Waals surface area (Å²) >= 11 is 0. The first kappa shape index (κ1) is 10.8. The molecule has 1 unspecified atom stereocenters. The number of nitrogens with zero attached hydrogens (tertiary/aromatic N) is 1. The third-order valence-electron chi connectivity index (χ3n) is 2.47. The molecule has 0 heterocycles. The molecule has 0 aliphatic heterocycles. The first-order valence-electron chi connectivity index (χ1n) is 5.33. The minimum atomic E-state index is -1.22. The molecule has 0 fully saturated rings. The highest BCUT2D eigenvalue weighted by atomic mass is 19.1. The summed E-state index contributed by atoms with van der Waals surface area (Å²) in [5.74, 6) is 0. The van der Waals surface area contributed by atoms with Crippen molar-refractivity contribution in [3.8, 4) is 0 Å². The maximum Gasteiger partial charge on any atom is 0.130 e. The molecule has 16 heavy (non-hydrogen) atoms. The van der Waals surface area contributed by atoms with Crippen LogP contribution in [0.1, 0.15) is 18.9 Å². The predicted octanol–water partition coefficient (Wildman–Crippen LogP) is 3.68. The Hall–Kier alpha value is -1.70. The van der Waals surface area contributed by atoms with Crippen molar-refractivity contribution < 1.29 is 4.39 Å². The van der Waals surface area contributed by atoms with Crippen LogP contribution in [-0.2, 0) is 0 Å². The van der Waals surface area contributed by atoms with Crippen LogP contribution in [0.2, 0.25) is 0 Å². The van der Waals surface area contributed by atoms with Gasteiger partial charge in [0.1, 0.15) is 5.67 Å². The predicted molar refractivity (Wildman–Crippen MR) is 65.4 cm³/mol. The number of benzene rings is 1. The molecule has 0 amide bonds. The molecule has 0 radical (unpaired) electrons. The first-order chi connectivity index (χ1) is 7.66. The molecule has 0 saturated carbocycles. The van der Waals surface area contributed by atoms with Gasteiger partial charge in [0.05, 0.1) is 5.70 Å². The Balaban J connectivity index is 2.05. The molecule has 1 atom stereocenters. The van der Waals surface area contributed by atoms with E-state index in [1.165, 1.54) is 0 Å². The smallest absolute Gasteiger partial charge is 0.130 e. The molecule has 0 aromatic heterocycles. The van der Waals surface area contributed by atoms with Gasteiger partial charge in [-0.05, 0) is 24.6 Å². The van der Waals surface area contributed by atoms with Crippen molar-refractivity contribution in [1.29, 1.82) is 0 Å². The summed E-state index contributed by atoms with van der Waals surface area (Å²) in [7, 11) is 0. The Morgan fingerprint density at radius 3 is 2.69 bits per heavy atom. The van der Waals surface area contributed by atoms with Gasteiger partial charge in [0.25, 0.3) is 0 Å². The Bertz CT molecular complexity index is 441. The van der Waals surface area contributed by atoms with Gasteiger partial charge in [0, 0.05) is 12.6 Å². The van der Waals surface area contributed by atoms with Gasteiger partial charge in [0.2, 0.25) is 0 Å². The maximum absolute atomic E-state index is 13.4. The van der Waals surface area contributed by atoms with E-state index in [2.05, 4.69) is 4.99 Å². The van der Waals surface area contributed by atoms with Crippen molar-refractivity contribution in [1.82, 2.24) is 0 Å². The van der Waals surface area contributed by atoms with Gasteiger partial charge in [-0.2, -0.15) is 0 Å². The van der Waals surface area contributed by atoms with Crippen LogP contribution in [0.15, 0.2) is 59.2 Å². The minimum Gasteiger partial charge on any atom is -0.257 e. The highest BCUT2D eigenvalue weighted by molar-refractivity contribution is 5.80. The largest absolute Gasteiger partial charge is 0.257 e. The number of alkyl halides is 1. The molecule has 1 nitrogen and oxygen atoms in total. The molecule has 0 saturated heterocycles. The molecule has 2 heteroatoms. The third-order valence-corrected chi connectivity index (χ3v) is 2.47. The monoisotopic (exact) mass is 215 g/mol. The molecule has 0 bridgehead atoms. The van der Waals surface area contributed by atoms with Crippen molar-refractivity contribution in [2.24, 2.45) is 4.99 Å². The first-order valence-corrected chi connectivity index (χ1v) is 5.33. The van der Waals surface area contributed by atoms with Gasteiger partial charge in [-0.15, -0.1) is 0 Å². The van der Waals surface area contributed by atoms with E-state index < -0.39 is 5.67 Å². The number of allylic oxidation sites excluding steroid dienone is 3. The quantitative estimate of drug-likeness (QED) is 0.667. The van der Waals surface area contributed by atoms with Crippen molar-refractivity contribution in [2.45, 2.75) is 19.0 Å². The van der Waals surface area contributed by atoms with Crippen LogP contribution in [0.5, 0.6) is 0 Å². The molecule has 1 aliphatic rings. The van der Waals surface area contributed by atoms with Crippen molar-refractivity contribution >= 4 is 6.21 Å². The second-order valence-corrected chi connectivity index (χ2v) is 4.11. The summed E-state index contributed by atoms with van der Waals surface area (Å²) in [6.07, 6.45) is 7.29. The summed E-state index contributed by atoms with van der Waals surface area (Å²) in [5, 5.41) is 0. The summed E-state index contributed by atoms with van der Waals surface area (Å²) in [5.41, 5.74) is 0.649. The molecule has 1 aromatic carbocycles. The zero-order chi connectivity index (χ0) is 11.4. The maximum atomic E-state index is 13.4. The lowest BCUT2D eigenvalue weighted by molar-refractivity contribution is 0.259. The van der Waals surface area contributed by atoms with Gasteiger partial charge >= 0.3 is 0 Å². The average Bonchev–Trinajstić information content (AvgIpc) is 2.29. The Morgan fingerprint density at radius 1 is 1.31 bits per heavy atom. The van der Waals surface area contributed by atoms with E-state index in [0.717, 1.165) is 11.3 Å². The van der Waals surface area contributed by atoms with Crippen LogP contribution in [0, 0.1) is 0 Å². The van der Waals surface area contributed by atoms with Crippen LogP contribution in [0.25, 0.3) is 0 Å². The minimum absolute atomic E-state index is 0.394. The molecule has 82 valence electrons. The fourth-order valence-corrected chi connectivity index (χ4v) is 1.48. The molecule has 0 N–H and O–H groups in total. The van der Waals surface area contributed by atoms with Gasteiger partial charge in [-0.1, -0.05) is 36.4 Å². The molecule has 2 rings (SSSR count). The second kappa shape index (κ2) is 4.44. The van der Waals surface area contributed by atoms with E-state index in [-0.39, 0.29) is 0 Å². The molecule has 0 spiro atoms. The standard InChI is InChI=1S/C14H14FN/c1-14(15)9-7-13(8-10-14)16-11-12-5-3-2-4-6-12/h2-9,11H,10H2,1H3. The fraction of sp³-hybridized carbons (Fsp3) is 0.214. The van der Waals surface area contributed by atoms with Gasteiger partial charge in [-0.25, -0.2) is 4.39 Å². The zero-order valence-electron chi connectivity index (χ0n) is 9.23. The van der Waals surface area contributed by atoms with Gasteiger partial charge < -0.3 is 0 Å². The highest BCUT2D eigenvalue weighted by Gasteiger charge is 2.20.